The van der Waals surface area contributed by atoms with Crippen LogP contribution in [0.1, 0.15) is 158 Å². The lowest BCUT2D eigenvalue weighted by atomic mass is 9.87. The number of rotatable bonds is 8. The van der Waals surface area contributed by atoms with E-state index in [1.807, 2.05) is 0 Å². The van der Waals surface area contributed by atoms with E-state index < -0.39 is 20.1 Å². The Morgan fingerprint density at radius 1 is 0.206 bits per heavy atom. The van der Waals surface area contributed by atoms with Gasteiger partial charge in [0.25, 0.3) is 0 Å². The predicted molar refractivity (Wildman–Crippen MR) is 280 cm³/mol. The molecule has 0 nitrogen and oxygen atoms in total. The first-order chi connectivity index (χ1) is 29.0. The lowest BCUT2D eigenvalue weighted by molar-refractivity contribution is 0.589. The molecule has 0 heterocycles. The van der Waals surface area contributed by atoms with E-state index in [0.29, 0.717) is 0 Å². The van der Waals surface area contributed by atoms with Crippen molar-refractivity contribution < 1.29 is 0 Å². The Labute approximate surface area is 388 Å². The first-order valence-electron chi connectivity index (χ1n) is 23.2. The molecule has 0 aromatic heterocycles. The van der Waals surface area contributed by atoms with Crippen molar-refractivity contribution >= 4 is 20.1 Å². The van der Waals surface area contributed by atoms with E-state index in [-0.39, 0.29) is 32.5 Å². The Kier molecular flexibility index (Phi) is 13.2. The third kappa shape index (κ3) is 10.1. The quantitative estimate of drug-likeness (QED) is 0.143. The van der Waals surface area contributed by atoms with Crippen molar-refractivity contribution in [2.24, 2.45) is 0 Å². The van der Waals surface area contributed by atoms with E-state index in [9.17, 15) is 0 Å². The molecule has 0 N–H and O–H groups in total. The topological polar surface area (TPSA) is 0 Å². The van der Waals surface area contributed by atoms with Crippen molar-refractivity contribution in [2.75, 3.05) is 5.08 Å². The van der Waals surface area contributed by atoms with Crippen LogP contribution in [0.25, 0.3) is 0 Å². The standard InChI is InChI=1S/C61H80S2/c1-56(2,3)44-19-31-50(32-20-44)62(51-33-21-45(22-34-51)57(4,5)6,52-35-23-46(24-36-52)58(7,8)9)43-63(53-37-25-47(26-38-53)59(10,11)12,54-39-27-48(28-40-54)60(13,14)15)55-41-29-49(30-42-55)61(16,17)18/h19-42H,43H2,1-18H3. The molecule has 0 bridgehead atoms. The Morgan fingerprint density at radius 3 is 0.413 bits per heavy atom. The molecule has 6 aromatic rings. The van der Waals surface area contributed by atoms with Crippen LogP contribution < -0.4 is 0 Å². The summed E-state index contributed by atoms with van der Waals surface area (Å²) in [6, 6.07) is 59.2. The Bertz CT molecular complexity index is 1980. The maximum atomic E-state index is 2.50. The molecule has 2 heteroatoms. The summed E-state index contributed by atoms with van der Waals surface area (Å²) in [6.45, 7) is 42.0. The molecule has 6 rings (SSSR count). The fourth-order valence-electron chi connectivity index (χ4n) is 8.61. The molecule has 0 spiro atoms. The van der Waals surface area contributed by atoms with Crippen LogP contribution in [-0.4, -0.2) is 5.08 Å². The summed E-state index contributed by atoms with van der Waals surface area (Å²) in [7, 11) is -4.00. The Morgan fingerprint density at radius 2 is 0.317 bits per heavy atom. The fourth-order valence-corrected chi connectivity index (χ4v) is 19.2. The highest BCUT2D eigenvalue weighted by molar-refractivity contribution is 8.49. The van der Waals surface area contributed by atoms with E-state index in [1.165, 1.54) is 62.8 Å². The van der Waals surface area contributed by atoms with E-state index in [4.69, 9.17) is 0 Å². The smallest absolute Gasteiger partial charge is 0.0311 e. The van der Waals surface area contributed by atoms with Crippen LogP contribution in [0, 0.1) is 0 Å². The second-order valence-corrected chi connectivity index (χ2v) is 31.0. The Balaban J connectivity index is 1.84. The highest BCUT2D eigenvalue weighted by Crippen LogP contribution is 2.81. The van der Waals surface area contributed by atoms with Crippen LogP contribution in [0.3, 0.4) is 0 Å². The van der Waals surface area contributed by atoms with Crippen molar-refractivity contribution in [3.05, 3.63) is 179 Å². The zero-order chi connectivity index (χ0) is 46.6. The number of hydrogen-bond donors (Lipinski definition) is 0. The van der Waals surface area contributed by atoms with Crippen molar-refractivity contribution in [3.63, 3.8) is 0 Å². The van der Waals surface area contributed by atoms with Crippen LogP contribution in [0.5, 0.6) is 0 Å². The van der Waals surface area contributed by atoms with E-state index in [1.54, 1.807) is 0 Å². The van der Waals surface area contributed by atoms with Crippen LogP contribution in [0.15, 0.2) is 175 Å². The molecule has 0 saturated heterocycles. The van der Waals surface area contributed by atoms with Crippen molar-refractivity contribution in [2.45, 2.75) is 186 Å². The first-order valence-corrected chi connectivity index (χ1v) is 26.8. The van der Waals surface area contributed by atoms with Crippen molar-refractivity contribution in [1.29, 1.82) is 0 Å². The minimum absolute atomic E-state index is 0.0344. The molecule has 0 atom stereocenters. The van der Waals surface area contributed by atoms with Gasteiger partial charge in [-0.25, -0.2) is 0 Å². The lowest BCUT2D eigenvalue weighted by Crippen LogP contribution is -2.19. The van der Waals surface area contributed by atoms with Gasteiger partial charge in [-0.15, -0.1) is 0 Å². The molecule has 0 saturated carbocycles. The van der Waals surface area contributed by atoms with Gasteiger partial charge in [0.2, 0.25) is 0 Å². The van der Waals surface area contributed by atoms with E-state index in [0.717, 1.165) is 5.08 Å². The minimum atomic E-state index is -2.00. The normalized spacial score (nSPS) is 14.1. The zero-order valence-corrected chi connectivity index (χ0v) is 44.0. The average molecular weight is 877 g/mol. The van der Waals surface area contributed by atoms with Crippen molar-refractivity contribution in [1.82, 2.24) is 0 Å². The second kappa shape index (κ2) is 17.1. The number of benzene rings is 6. The third-order valence-electron chi connectivity index (χ3n) is 13.1. The van der Waals surface area contributed by atoms with Gasteiger partial charge in [-0.2, -0.15) is 20.1 Å². The SMILES string of the molecule is CC(C)(C)c1ccc(S(CS(c2ccc(C(C)(C)C)cc2)(c2ccc(C(C)(C)C)cc2)c2ccc(C(C)(C)C)cc2)(c2ccc(C(C)(C)C)cc2)c2ccc(C(C)(C)C)cc2)cc1. The van der Waals surface area contributed by atoms with Gasteiger partial charge in [0.1, 0.15) is 0 Å². The van der Waals surface area contributed by atoms with Crippen LogP contribution in [-0.2, 0) is 32.5 Å². The molecular weight excluding hydrogens is 797 g/mol. The lowest BCUT2D eigenvalue weighted by Gasteiger charge is -2.52. The van der Waals surface area contributed by atoms with Gasteiger partial charge in [0.05, 0.1) is 0 Å². The maximum Gasteiger partial charge on any atom is 0.0311 e. The molecule has 0 aliphatic heterocycles. The highest BCUT2D eigenvalue weighted by Gasteiger charge is 2.43. The van der Waals surface area contributed by atoms with Gasteiger partial charge in [-0.1, -0.05) is 197 Å². The van der Waals surface area contributed by atoms with Gasteiger partial charge >= 0.3 is 0 Å². The summed E-state index contributed by atoms with van der Waals surface area (Å²) >= 11 is 0. The predicted octanol–water partition coefficient (Wildman–Crippen LogP) is 18.7. The molecule has 0 fully saturated rings. The average Bonchev–Trinajstić information content (AvgIpc) is 3.20. The van der Waals surface area contributed by atoms with E-state index in [2.05, 4.69) is 270 Å². The molecule has 0 aliphatic rings. The van der Waals surface area contributed by atoms with Gasteiger partial charge < -0.3 is 0 Å². The van der Waals surface area contributed by atoms with Gasteiger partial charge in [0, 0.05) is 5.08 Å². The largest absolute Gasteiger partial charge is 0.151 e. The highest BCUT2D eigenvalue weighted by atomic mass is 32.3. The summed E-state index contributed by atoms with van der Waals surface area (Å²) in [5.74, 6) is 0. The van der Waals surface area contributed by atoms with E-state index >= 15 is 0 Å². The van der Waals surface area contributed by atoms with Gasteiger partial charge in [-0.3, -0.25) is 0 Å². The summed E-state index contributed by atoms with van der Waals surface area (Å²) in [5.41, 5.74) is 8.36. The molecule has 0 amide bonds. The van der Waals surface area contributed by atoms with Gasteiger partial charge in [0.15, 0.2) is 0 Å². The summed E-state index contributed by atoms with van der Waals surface area (Å²) in [4.78, 5) is 8.44. The van der Waals surface area contributed by atoms with Crippen molar-refractivity contribution in [3.8, 4) is 0 Å². The maximum absolute atomic E-state index is 2.50. The molecule has 0 aliphatic carbocycles. The molecule has 6 aromatic carbocycles. The molecule has 0 unspecified atom stereocenters. The molecule has 336 valence electrons. The molecule has 63 heavy (non-hydrogen) atoms. The summed E-state index contributed by atoms with van der Waals surface area (Å²) in [6.07, 6.45) is 0. The zero-order valence-electron chi connectivity index (χ0n) is 42.4. The number of hydrogen-bond acceptors (Lipinski definition) is 0. The molecule has 0 radical (unpaired) electrons. The van der Waals surface area contributed by atoms with Crippen LogP contribution in [0.2, 0.25) is 0 Å². The second-order valence-electron chi connectivity index (χ2n) is 24.2. The van der Waals surface area contributed by atoms with Crippen LogP contribution >= 0.6 is 20.1 Å². The summed E-state index contributed by atoms with van der Waals surface area (Å²) < 4.78 is 0. The summed E-state index contributed by atoms with van der Waals surface area (Å²) in [5, 5.41) is 0.928. The molecular formula is C61H80S2. The third-order valence-corrected chi connectivity index (χ3v) is 22.4. The Hall–Kier alpha value is -3.98. The van der Waals surface area contributed by atoms with Crippen LogP contribution in [0.4, 0.5) is 0 Å². The fraction of sp³-hybridized carbons (Fsp3) is 0.410. The minimum Gasteiger partial charge on any atom is -0.151 e. The van der Waals surface area contributed by atoms with Gasteiger partial charge in [-0.05, 0) is 168 Å². The monoisotopic (exact) mass is 877 g/mol. The first kappa shape index (κ1) is 48.5.